The van der Waals surface area contributed by atoms with Gasteiger partial charge in [0.1, 0.15) is 0 Å². The van der Waals surface area contributed by atoms with Crippen LogP contribution >= 0.6 is 0 Å². The number of aromatic nitrogens is 5. The van der Waals surface area contributed by atoms with Crippen molar-refractivity contribution in [1.82, 2.24) is 30.3 Å². The Morgan fingerprint density at radius 2 is 1.39 bits per heavy atom. The van der Waals surface area contributed by atoms with Gasteiger partial charge in [0, 0.05) is 35.6 Å². The predicted octanol–water partition coefficient (Wildman–Crippen LogP) is 5.27. The van der Waals surface area contributed by atoms with Gasteiger partial charge in [-0.1, -0.05) is 18.2 Å². The monoisotopic (exact) mass is 543 g/mol. The smallest absolute Gasteiger partial charge is 0.247 e. The molecule has 10 heteroatoms. The quantitative estimate of drug-likeness (QED) is 0.311. The summed E-state index contributed by atoms with van der Waals surface area (Å²) in [6, 6.07) is 20.1. The number of hydrogen-bond donors (Lipinski definition) is 2. The molecule has 5 heterocycles. The van der Waals surface area contributed by atoms with Crippen LogP contribution in [0.5, 0.6) is 11.5 Å². The van der Waals surface area contributed by atoms with Crippen LogP contribution in [0.2, 0.25) is 0 Å². The second-order valence-electron chi connectivity index (χ2n) is 10.3. The summed E-state index contributed by atoms with van der Waals surface area (Å²) >= 11 is 0. The molecule has 6 aromatic rings. The van der Waals surface area contributed by atoms with Gasteiger partial charge in [-0.05, 0) is 59.2 Å². The van der Waals surface area contributed by atoms with Gasteiger partial charge in [0.15, 0.2) is 17.3 Å². The topological polar surface area (TPSA) is 112 Å². The molecule has 0 bridgehead atoms. The third kappa shape index (κ3) is 4.21. The van der Waals surface area contributed by atoms with E-state index >= 15 is 0 Å². The highest BCUT2D eigenvalue weighted by atomic mass is 16.5. The van der Waals surface area contributed by atoms with Crippen molar-refractivity contribution in [2.45, 2.75) is 0 Å². The molecule has 0 unspecified atom stereocenters. The number of fused-ring (bicyclic) bond motifs is 4. The minimum absolute atomic E-state index is 0.0645. The lowest BCUT2D eigenvalue weighted by atomic mass is 10.0. The number of nitrogens with zero attached hydrogens (tertiary/aromatic N) is 5. The third-order valence-electron chi connectivity index (χ3n) is 7.72. The van der Waals surface area contributed by atoms with Crippen molar-refractivity contribution < 1.29 is 14.3 Å². The molecular weight excluding hydrogens is 518 g/mol. The molecule has 0 aliphatic carbocycles. The molecule has 3 aromatic heterocycles. The SMILES string of the molecule is O=C(CN1CCOCC1)N1c2ccc(-c3ccc4[nH]ncc4c3)cc2Oc2cc(-c3ccc4[nH]ncc4c3)cnc21. The first-order chi connectivity index (χ1) is 20.2. The summed E-state index contributed by atoms with van der Waals surface area (Å²) in [6.07, 6.45) is 5.40. The number of ether oxygens (including phenoxy) is 2. The average molecular weight is 544 g/mol. The van der Waals surface area contributed by atoms with E-state index in [9.17, 15) is 4.79 Å². The van der Waals surface area contributed by atoms with Crippen LogP contribution in [0.15, 0.2) is 79.3 Å². The number of rotatable bonds is 4. The Kier molecular flexibility index (Phi) is 5.54. The molecule has 8 rings (SSSR count). The van der Waals surface area contributed by atoms with E-state index < -0.39 is 0 Å². The predicted molar refractivity (Wildman–Crippen MR) is 155 cm³/mol. The Hall–Kier alpha value is -5.06. The van der Waals surface area contributed by atoms with Crippen LogP contribution in [0.1, 0.15) is 0 Å². The molecule has 41 heavy (non-hydrogen) atoms. The van der Waals surface area contributed by atoms with E-state index in [1.54, 1.807) is 17.3 Å². The number of carbonyl (C=O) groups is 1. The zero-order chi connectivity index (χ0) is 27.3. The van der Waals surface area contributed by atoms with Gasteiger partial charge >= 0.3 is 0 Å². The van der Waals surface area contributed by atoms with Crippen LogP contribution < -0.4 is 9.64 Å². The summed E-state index contributed by atoms with van der Waals surface area (Å²) in [6.45, 7) is 2.94. The lowest BCUT2D eigenvalue weighted by Crippen LogP contribution is -2.44. The van der Waals surface area contributed by atoms with Crippen molar-refractivity contribution in [2.75, 3.05) is 37.7 Å². The number of hydrogen-bond acceptors (Lipinski definition) is 7. The van der Waals surface area contributed by atoms with Crippen molar-refractivity contribution in [2.24, 2.45) is 0 Å². The molecule has 202 valence electrons. The number of amides is 1. The van der Waals surface area contributed by atoms with E-state index in [4.69, 9.17) is 14.5 Å². The van der Waals surface area contributed by atoms with Crippen LogP contribution in [0, 0.1) is 0 Å². The van der Waals surface area contributed by atoms with Gasteiger partial charge in [-0.2, -0.15) is 10.2 Å². The fraction of sp³-hybridized carbons (Fsp3) is 0.161. The first kappa shape index (κ1) is 23.8. The minimum atomic E-state index is -0.0645. The molecule has 0 saturated carbocycles. The molecule has 2 N–H and O–H groups in total. The normalized spacial score (nSPS) is 15.1. The summed E-state index contributed by atoms with van der Waals surface area (Å²) in [5.74, 6) is 1.55. The van der Waals surface area contributed by atoms with Crippen molar-refractivity contribution in [1.29, 1.82) is 0 Å². The highest BCUT2D eigenvalue weighted by molar-refractivity contribution is 6.05. The molecule has 0 atom stereocenters. The van der Waals surface area contributed by atoms with Gasteiger partial charge in [-0.3, -0.25) is 24.8 Å². The van der Waals surface area contributed by atoms with Gasteiger partial charge in [0.25, 0.3) is 0 Å². The number of benzene rings is 3. The molecule has 2 aliphatic rings. The van der Waals surface area contributed by atoms with Crippen LogP contribution in [-0.4, -0.2) is 69.0 Å². The molecule has 10 nitrogen and oxygen atoms in total. The number of nitrogens with one attached hydrogen (secondary N) is 2. The van der Waals surface area contributed by atoms with Crippen LogP contribution in [-0.2, 0) is 9.53 Å². The van der Waals surface area contributed by atoms with Crippen molar-refractivity contribution in [3.05, 3.63) is 79.3 Å². The summed E-state index contributed by atoms with van der Waals surface area (Å²) in [5.41, 5.74) is 6.49. The maximum absolute atomic E-state index is 13.9. The minimum Gasteiger partial charge on any atom is -0.451 e. The van der Waals surface area contributed by atoms with Crippen LogP contribution in [0.25, 0.3) is 44.1 Å². The van der Waals surface area contributed by atoms with Crippen LogP contribution in [0.3, 0.4) is 0 Å². The molecule has 2 aliphatic heterocycles. The summed E-state index contributed by atoms with van der Waals surface area (Å²) < 4.78 is 12.0. The molecule has 1 saturated heterocycles. The molecule has 1 fully saturated rings. The fourth-order valence-electron chi connectivity index (χ4n) is 5.55. The Bertz CT molecular complexity index is 1820. The number of pyridine rings is 1. The van der Waals surface area contributed by atoms with Gasteiger partial charge < -0.3 is 9.47 Å². The second-order valence-corrected chi connectivity index (χ2v) is 10.3. The number of aromatic amines is 2. The zero-order valence-electron chi connectivity index (χ0n) is 22.0. The zero-order valence-corrected chi connectivity index (χ0v) is 22.0. The maximum atomic E-state index is 13.9. The Balaban J connectivity index is 1.21. The highest BCUT2D eigenvalue weighted by Gasteiger charge is 2.32. The highest BCUT2D eigenvalue weighted by Crippen LogP contribution is 2.48. The summed E-state index contributed by atoms with van der Waals surface area (Å²) in [5, 5.41) is 16.3. The second kappa shape index (κ2) is 9.54. The maximum Gasteiger partial charge on any atom is 0.247 e. The molecular formula is C31H25N7O3. The van der Waals surface area contributed by atoms with Gasteiger partial charge in [0.05, 0.1) is 48.9 Å². The first-order valence-electron chi connectivity index (χ1n) is 13.5. The summed E-state index contributed by atoms with van der Waals surface area (Å²) in [7, 11) is 0. The molecule has 0 spiro atoms. The number of morpholine rings is 1. The Morgan fingerprint density at radius 1 is 0.756 bits per heavy atom. The van der Waals surface area contributed by atoms with E-state index in [0.717, 1.165) is 44.1 Å². The van der Waals surface area contributed by atoms with E-state index in [0.29, 0.717) is 49.3 Å². The van der Waals surface area contributed by atoms with Crippen molar-refractivity contribution >= 4 is 39.2 Å². The van der Waals surface area contributed by atoms with Gasteiger partial charge in [-0.25, -0.2) is 4.98 Å². The van der Waals surface area contributed by atoms with Crippen molar-refractivity contribution in [3.63, 3.8) is 0 Å². The fourth-order valence-corrected chi connectivity index (χ4v) is 5.55. The van der Waals surface area contributed by atoms with E-state index in [-0.39, 0.29) is 12.5 Å². The van der Waals surface area contributed by atoms with Crippen LogP contribution in [0.4, 0.5) is 11.5 Å². The molecule has 1 amide bonds. The van der Waals surface area contributed by atoms with Gasteiger partial charge in [-0.15, -0.1) is 0 Å². The van der Waals surface area contributed by atoms with E-state index in [1.165, 1.54) is 0 Å². The van der Waals surface area contributed by atoms with E-state index in [1.807, 2.05) is 54.7 Å². The standard InChI is InChI=1S/C31H25N7O3/c39-30(18-37-7-9-40-10-8-37)38-27-6-3-21(19-1-4-25-23(11-19)16-33-35-25)13-28(27)41-29-14-22(15-32-31(29)38)20-2-5-26-24(12-20)17-34-36-26/h1-6,11-17H,7-10,18H2,(H,33,35)(H,34,36). The average Bonchev–Trinajstić information content (AvgIpc) is 3.68. The third-order valence-corrected chi connectivity index (χ3v) is 7.72. The number of carbonyl (C=O) groups excluding carboxylic acids is 1. The van der Waals surface area contributed by atoms with Crippen molar-refractivity contribution in [3.8, 4) is 33.8 Å². The lowest BCUT2D eigenvalue weighted by Gasteiger charge is -2.33. The molecule has 0 radical (unpaired) electrons. The Morgan fingerprint density at radius 3 is 2.12 bits per heavy atom. The largest absolute Gasteiger partial charge is 0.451 e. The summed E-state index contributed by atoms with van der Waals surface area (Å²) in [4.78, 5) is 22.4. The number of anilines is 2. The first-order valence-corrected chi connectivity index (χ1v) is 13.5. The Labute approximate surface area is 234 Å². The number of H-pyrrole nitrogens is 2. The van der Waals surface area contributed by atoms with E-state index in [2.05, 4.69) is 37.4 Å². The lowest BCUT2D eigenvalue weighted by molar-refractivity contribution is -0.120. The molecule has 3 aromatic carbocycles. The van der Waals surface area contributed by atoms with Gasteiger partial charge in [0.2, 0.25) is 5.91 Å².